The first-order valence-electron chi connectivity index (χ1n) is 7.54. The van der Waals surface area contributed by atoms with Gasteiger partial charge in [-0.05, 0) is 37.1 Å². The molecule has 0 aliphatic heterocycles. The standard InChI is InChI=1S/C18H24N2O2/c1-18(2,3)22-17(21)20-12-16(11-19)15-9-8-13-6-4-5-7-14(13)10-15/h4-10,16H,11-12,19H2,1-3H3,(H,20,21). The van der Waals surface area contributed by atoms with Crippen LogP contribution in [0.25, 0.3) is 10.8 Å². The van der Waals surface area contributed by atoms with Crippen LogP contribution in [0.4, 0.5) is 4.79 Å². The van der Waals surface area contributed by atoms with Crippen molar-refractivity contribution in [3.05, 3.63) is 48.0 Å². The summed E-state index contributed by atoms with van der Waals surface area (Å²) in [5.41, 5.74) is 6.50. The van der Waals surface area contributed by atoms with Crippen molar-refractivity contribution in [3.63, 3.8) is 0 Å². The number of fused-ring (bicyclic) bond motifs is 1. The van der Waals surface area contributed by atoms with Gasteiger partial charge >= 0.3 is 6.09 Å². The van der Waals surface area contributed by atoms with Crippen LogP contribution in [-0.4, -0.2) is 24.8 Å². The van der Waals surface area contributed by atoms with Crippen molar-refractivity contribution in [1.29, 1.82) is 0 Å². The molecule has 2 rings (SSSR count). The molecule has 0 bridgehead atoms. The first-order valence-corrected chi connectivity index (χ1v) is 7.54. The maximum Gasteiger partial charge on any atom is 0.407 e. The fraction of sp³-hybridized carbons (Fsp3) is 0.389. The van der Waals surface area contributed by atoms with Gasteiger partial charge in [-0.1, -0.05) is 42.5 Å². The van der Waals surface area contributed by atoms with Crippen LogP contribution in [0.15, 0.2) is 42.5 Å². The van der Waals surface area contributed by atoms with Crippen LogP contribution in [0.2, 0.25) is 0 Å². The lowest BCUT2D eigenvalue weighted by Gasteiger charge is -2.21. The lowest BCUT2D eigenvalue weighted by atomic mass is 9.96. The average molecular weight is 300 g/mol. The molecule has 3 N–H and O–H groups in total. The summed E-state index contributed by atoms with van der Waals surface area (Å²) >= 11 is 0. The number of hydrogen-bond donors (Lipinski definition) is 2. The van der Waals surface area contributed by atoms with Gasteiger partial charge in [0.25, 0.3) is 0 Å². The highest BCUT2D eigenvalue weighted by molar-refractivity contribution is 5.83. The highest BCUT2D eigenvalue weighted by Crippen LogP contribution is 2.21. The number of carbonyl (C=O) groups excluding carboxylic acids is 1. The third-order valence-corrected chi connectivity index (χ3v) is 3.42. The predicted molar refractivity (Wildman–Crippen MR) is 90.0 cm³/mol. The second-order valence-electron chi connectivity index (χ2n) is 6.42. The Hall–Kier alpha value is -2.07. The van der Waals surface area contributed by atoms with Crippen LogP contribution in [-0.2, 0) is 4.74 Å². The Balaban J connectivity index is 2.05. The molecule has 0 aromatic heterocycles. The van der Waals surface area contributed by atoms with Gasteiger partial charge in [-0.25, -0.2) is 4.79 Å². The Kier molecular flexibility index (Phi) is 5.03. The fourth-order valence-electron chi connectivity index (χ4n) is 2.32. The molecule has 2 aromatic rings. The molecule has 4 nitrogen and oxygen atoms in total. The summed E-state index contributed by atoms with van der Waals surface area (Å²) in [6.45, 7) is 6.46. The van der Waals surface area contributed by atoms with E-state index >= 15 is 0 Å². The molecule has 118 valence electrons. The second-order valence-corrected chi connectivity index (χ2v) is 6.42. The molecule has 0 fully saturated rings. The molecule has 0 spiro atoms. The highest BCUT2D eigenvalue weighted by Gasteiger charge is 2.17. The first kappa shape index (κ1) is 16.3. The monoisotopic (exact) mass is 300 g/mol. The molecular weight excluding hydrogens is 276 g/mol. The van der Waals surface area contributed by atoms with E-state index in [4.69, 9.17) is 10.5 Å². The topological polar surface area (TPSA) is 64.3 Å². The van der Waals surface area contributed by atoms with Gasteiger partial charge in [0.1, 0.15) is 5.60 Å². The minimum atomic E-state index is -0.495. The van der Waals surface area contributed by atoms with E-state index in [1.54, 1.807) is 0 Å². The van der Waals surface area contributed by atoms with Crippen molar-refractivity contribution >= 4 is 16.9 Å². The molecule has 4 heteroatoms. The number of alkyl carbamates (subject to hydrolysis) is 1. The number of ether oxygens (including phenoxy) is 1. The van der Waals surface area contributed by atoms with Gasteiger partial charge in [-0.15, -0.1) is 0 Å². The van der Waals surface area contributed by atoms with Crippen LogP contribution >= 0.6 is 0 Å². The van der Waals surface area contributed by atoms with E-state index in [0.29, 0.717) is 13.1 Å². The highest BCUT2D eigenvalue weighted by atomic mass is 16.6. The van der Waals surface area contributed by atoms with Crippen molar-refractivity contribution in [2.24, 2.45) is 5.73 Å². The molecule has 0 aliphatic rings. The lowest BCUT2D eigenvalue weighted by Crippen LogP contribution is -2.36. The number of hydrogen-bond acceptors (Lipinski definition) is 3. The fourth-order valence-corrected chi connectivity index (χ4v) is 2.32. The second kappa shape index (κ2) is 6.79. The summed E-state index contributed by atoms with van der Waals surface area (Å²) in [7, 11) is 0. The van der Waals surface area contributed by atoms with E-state index in [1.807, 2.05) is 32.9 Å². The van der Waals surface area contributed by atoms with E-state index in [2.05, 4.69) is 35.6 Å². The SMILES string of the molecule is CC(C)(C)OC(=O)NCC(CN)c1ccc2ccccc2c1. The average Bonchev–Trinajstić information content (AvgIpc) is 2.46. The molecule has 0 radical (unpaired) electrons. The van der Waals surface area contributed by atoms with Crippen molar-refractivity contribution in [2.75, 3.05) is 13.1 Å². The Bertz CT molecular complexity index is 647. The van der Waals surface area contributed by atoms with Crippen LogP contribution < -0.4 is 11.1 Å². The maximum absolute atomic E-state index is 11.7. The largest absolute Gasteiger partial charge is 0.444 e. The maximum atomic E-state index is 11.7. The van der Waals surface area contributed by atoms with E-state index < -0.39 is 11.7 Å². The van der Waals surface area contributed by atoms with Gasteiger partial charge in [0.2, 0.25) is 0 Å². The van der Waals surface area contributed by atoms with Crippen molar-refractivity contribution in [1.82, 2.24) is 5.32 Å². The third-order valence-electron chi connectivity index (χ3n) is 3.42. The molecule has 0 saturated carbocycles. The zero-order valence-corrected chi connectivity index (χ0v) is 13.4. The summed E-state index contributed by atoms with van der Waals surface area (Å²) < 4.78 is 5.25. The van der Waals surface area contributed by atoms with Crippen LogP contribution in [0.1, 0.15) is 32.3 Å². The number of nitrogens with two attached hydrogens (primary N) is 1. The normalized spacial score (nSPS) is 12.9. The molecule has 1 atom stereocenters. The molecule has 2 aromatic carbocycles. The first-order chi connectivity index (χ1) is 10.4. The minimum Gasteiger partial charge on any atom is -0.444 e. The van der Waals surface area contributed by atoms with Crippen molar-refractivity contribution in [2.45, 2.75) is 32.3 Å². The molecule has 0 aliphatic carbocycles. The van der Waals surface area contributed by atoms with Gasteiger partial charge < -0.3 is 15.8 Å². The lowest BCUT2D eigenvalue weighted by molar-refractivity contribution is 0.0525. The molecular formula is C18H24N2O2. The summed E-state index contributed by atoms with van der Waals surface area (Å²) in [4.78, 5) is 11.7. The predicted octanol–water partition coefficient (Wildman–Crippen LogP) is 3.41. The summed E-state index contributed by atoms with van der Waals surface area (Å²) in [5.74, 6) is 0.0668. The van der Waals surface area contributed by atoms with Gasteiger partial charge in [0.05, 0.1) is 0 Å². The Morgan fingerprint density at radius 2 is 1.86 bits per heavy atom. The number of amides is 1. The zero-order chi connectivity index (χ0) is 16.2. The summed E-state index contributed by atoms with van der Waals surface area (Å²) in [6, 6.07) is 14.5. The third kappa shape index (κ3) is 4.46. The van der Waals surface area contributed by atoms with Crippen molar-refractivity contribution in [3.8, 4) is 0 Å². The van der Waals surface area contributed by atoms with Crippen LogP contribution in [0.5, 0.6) is 0 Å². The Labute approximate surface area is 131 Å². The van der Waals surface area contributed by atoms with Gasteiger partial charge in [-0.2, -0.15) is 0 Å². The van der Waals surface area contributed by atoms with Crippen LogP contribution in [0.3, 0.4) is 0 Å². The van der Waals surface area contributed by atoms with E-state index in [0.717, 1.165) is 5.56 Å². The summed E-state index contributed by atoms with van der Waals surface area (Å²) in [5, 5.41) is 5.17. The van der Waals surface area contributed by atoms with Crippen LogP contribution in [0, 0.1) is 0 Å². The molecule has 0 heterocycles. The number of nitrogens with one attached hydrogen (secondary N) is 1. The van der Waals surface area contributed by atoms with E-state index in [9.17, 15) is 4.79 Å². The van der Waals surface area contributed by atoms with Gasteiger partial charge in [0, 0.05) is 19.0 Å². The van der Waals surface area contributed by atoms with E-state index in [-0.39, 0.29) is 5.92 Å². The van der Waals surface area contributed by atoms with Gasteiger partial charge in [0.15, 0.2) is 0 Å². The molecule has 0 saturated heterocycles. The Morgan fingerprint density at radius 1 is 1.18 bits per heavy atom. The smallest absolute Gasteiger partial charge is 0.407 e. The number of carbonyl (C=O) groups is 1. The van der Waals surface area contributed by atoms with Gasteiger partial charge in [-0.3, -0.25) is 0 Å². The Morgan fingerprint density at radius 3 is 2.50 bits per heavy atom. The minimum absolute atomic E-state index is 0.0668. The molecule has 22 heavy (non-hydrogen) atoms. The van der Waals surface area contributed by atoms with E-state index in [1.165, 1.54) is 10.8 Å². The zero-order valence-electron chi connectivity index (χ0n) is 13.4. The molecule has 1 unspecified atom stereocenters. The number of benzene rings is 2. The number of rotatable bonds is 4. The quantitative estimate of drug-likeness (QED) is 0.909. The summed E-state index contributed by atoms with van der Waals surface area (Å²) in [6.07, 6.45) is -0.410. The molecule has 1 amide bonds. The van der Waals surface area contributed by atoms with Crippen molar-refractivity contribution < 1.29 is 9.53 Å².